The Morgan fingerprint density at radius 3 is 2.19 bits per heavy atom. The fraction of sp³-hybridized carbons (Fsp3) is 0.250. The zero-order valence-electron chi connectivity index (χ0n) is 14.5. The Bertz CT molecular complexity index is 819. The molecule has 0 bridgehead atoms. The zero-order chi connectivity index (χ0) is 19.8. The summed E-state index contributed by atoms with van der Waals surface area (Å²) >= 11 is 6.19. The molecule has 27 heavy (non-hydrogen) atoms. The number of carbonyl (C=O) groups excluding carboxylic acids is 1. The maximum Gasteiger partial charge on any atom is 0.305 e. The van der Waals surface area contributed by atoms with Crippen LogP contribution in [0.25, 0.3) is 11.1 Å². The van der Waals surface area contributed by atoms with Crippen molar-refractivity contribution in [2.24, 2.45) is 0 Å². The molecule has 142 valence electrons. The first-order valence-corrected chi connectivity index (χ1v) is 8.79. The van der Waals surface area contributed by atoms with Gasteiger partial charge in [-0.1, -0.05) is 54.1 Å². The van der Waals surface area contributed by atoms with E-state index >= 15 is 0 Å². The number of rotatable bonds is 9. The first-order valence-electron chi connectivity index (χ1n) is 8.42. The van der Waals surface area contributed by atoms with Crippen molar-refractivity contribution in [1.29, 1.82) is 0 Å². The number of halogens is 1. The molecule has 7 heteroatoms. The Hall–Kier alpha value is -2.86. The molecule has 1 atom stereocenters. The largest absolute Gasteiger partial charge is 0.481 e. The van der Waals surface area contributed by atoms with Crippen molar-refractivity contribution in [2.45, 2.75) is 31.7 Å². The minimum Gasteiger partial charge on any atom is -0.481 e. The van der Waals surface area contributed by atoms with E-state index < -0.39 is 23.9 Å². The maximum absolute atomic E-state index is 11.8. The Balaban J connectivity index is 2.06. The van der Waals surface area contributed by atoms with Gasteiger partial charge in [-0.25, -0.2) is 0 Å². The fourth-order valence-electron chi connectivity index (χ4n) is 2.71. The fourth-order valence-corrected chi connectivity index (χ4v) is 2.95. The molecule has 3 N–H and O–H groups in total. The van der Waals surface area contributed by atoms with Gasteiger partial charge in [0.05, 0.1) is 12.8 Å². The zero-order valence-corrected chi connectivity index (χ0v) is 15.3. The number of aliphatic carboxylic acids is 2. The van der Waals surface area contributed by atoms with Crippen LogP contribution in [-0.2, 0) is 20.8 Å². The molecule has 0 aliphatic carbocycles. The molecule has 0 aliphatic heterocycles. The molecule has 0 saturated carbocycles. The third-order valence-electron chi connectivity index (χ3n) is 3.97. The van der Waals surface area contributed by atoms with E-state index in [9.17, 15) is 14.4 Å². The number of benzene rings is 2. The first kappa shape index (κ1) is 20.5. The predicted octanol–water partition coefficient (Wildman–Crippen LogP) is 3.37. The minimum absolute atomic E-state index is 0.184. The van der Waals surface area contributed by atoms with Crippen LogP contribution in [0.4, 0.5) is 0 Å². The molecule has 0 saturated heterocycles. The van der Waals surface area contributed by atoms with Crippen LogP contribution < -0.4 is 5.32 Å². The number of carboxylic acid groups (broad SMARTS) is 2. The normalized spacial score (nSPS) is 11.6. The quantitative estimate of drug-likeness (QED) is 0.610. The summed E-state index contributed by atoms with van der Waals surface area (Å²) in [6, 6.07) is 14.3. The van der Waals surface area contributed by atoms with Gasteiger partial charge in [0.1, 0.15) is 0 Å². The number of nitrogens with one attached hydrogen (secondary N) is 1. The highest BCUT2D eigenvalue weighted by Gasteiger charge is 2.17. The maximum atomic E-state index is 11.8. The second-order valence-electron chi connectivity index (χ2n) is 6.14. The van der Waals surface area contributed by atoms with Crippen LogP contribution in [-0.4, -0.2) is 34.1 Å². The van der Waals surface area contributed by atoms with Crippen molar-refractivity contribution in [3.05, 3.63) is 59.1 Å². The smallest absolute Gasteiger partial charge is 0.305 e. The van der Waals surface area contributed by atoms with E-state index in [4.69, 9.17) is 21.8 Å². The van der Waals surface area contributed by atoms with Crippen LogP contribution in [0, 0.1) is 0 Å². The van der Waals surface area contributed by atoms with E-state index in [-0.39, 0.29) is 19.3 Å². The van der Waals surface area contributed by atoms with Crippen molar-refractivity contribution in [3.8, 4) is 11.1 Å². The molecular formula is C20H20ClNO5. The van der Waals surface area contributed by atoms with Gasteiger partial charge in [0.2, 0.25) is 5.91 Å². The van der Waals surface area contributed by atoms with Crippen LogP contribution in [0.15, 0.2) is 48.5 Å². The van der Waals surface area contributed by atoms with Gasteiger partial charge in [-0.05, 0) is 23.6 Å². The van der Waals surface area contributed by atoms with Gasteiger partial charge in [0, 0.05) is 23.0 Å². The summed E-state index contributed by atoms with van der Waals surface area (Å²) in [6.07, 6.45) is -0.395. The van der Waals surface area contributed by atoms with E-state index in [0.29, 0.717) is 11.4 Å². The average molecular weight is 390 g/mol. The SMILES string of the molecule is O=C(O)CCC(=O)NC(CC(=O)O)Cc1ccc(-c2ccccc2Cl)cc1. The van der Waals surface area contributed by atoms with Crippen LogP contribution in [0.2, 0.25) is 5.02 Å². The second-order valence-corrected chi connectivity index (χ2v) is 6.54. The van der Waals surface area contributed by atoms with Gasteiger partial charge in [-0.15, -0.1) is 0 Å². The van der Waals surface area contributed by atoms with E-state index in [0.717, 1.165) is 16.7 Å². The van der Waals surface area contributed by atoms with E-state index in [1.54, 1.807) is 6.07 Å². The van der Waals surface area contributed by atoms with Crippen molar-refractivity contribution < 1.29 is 24.6 Å². The highest BCUT2D eigenvalue weighted by Crippen LogP contribution is 2.27. The van der Waals surface area contributed by atoms with Gasteiger partial charge in [0.15, 0.2) is 0 Å². The lowest BCUT2D eigenvalue weighted by Gasteiger charge is -2.17. The first-order chi connectivity index (χ1) is 12.8. The highest BCUT2D eigenvalue weighted by molar-refractivity contribution is 6.33. The molecule has 0 aliphatic rings. The number of hydrogen-bond donors (Lipinski definition) is 3. The van der Waals surface area contributed by atoms with Crippen molar-refractivity contribution in [1.82, 2.24) is 5.32 Å². The lowest BCUT2D eigenvalue weighted by Crippen LogP contribution is -2.38. The summed E-state index contributed by atoms with van der Waals surface area (Å²) in [5.41, 5.74) is 2.69. The number of carbonyl (C=O) groups is 3. The van der Waals surface area contributed by atoms with Crippen molar-refractivity contribution >= 4 is 29.4 Å². The van der Waals surface area contributed by atoms with E-state index in [1.165, 1.54) is 0 Å². The second kappa shape index (κ2) is 9.73. The summed E-state index contributed by atoms with van der Waals surface area (Å²) in [5.74, 6) is -2.59. The molecule has 1 unspecified atom stereocenters. The molecule has 2 aromatic carbocycles. The third kappa shape index (κ3) is 6.75. The van der Waals surface area contributed by atoms with E-state index in [1.807, 2.05) is 42.5 Å². The molecular weight excluding hydrogens is 370 g/mol. The monoisotopic (exact) mass is 389 g/mol. The lowest BCUT2D eigenvalue weighted by atomic mass is 9.99. The summed E-state index contributed by atoms with van der Waals surface area (Å²) in [5, 5.41) is 20.9. The summed E-state index contributed by atoms with van der Waals surface area (Å²) in [4.78, 5) is 33.4. The highest BCUT2D eigenvalue weighted by atomic mass is 35.5. The molecule has 0 fully saturated rings. The standard InChI is InChI=1S/C20H20ClNO5/c21-17-4-2-1-3-16(17)14-7-5-13(6-8-14)11-15(12-20(26)27)22-18(23)9-10-19(24)25/h1-8,15H,9-12H2,(H,22,23)(H,24,25)(H,26,27). The lowest BCUT2D eigenvalue weighted by molar-refractivity contribution is -0.140. The summed E-state index contributed by atoms with van der Waals surface area (Å²) in [6.45, 7) is 0. The van der Waals surface area contributed by atoms with Gasteiger partial charge in [-0.3, -0.25) is 14.4 Å². The van der Waals surface area contributed by atoms with Crippen molar-refractivity contribution in [2.75, 3.05) is 0 Å². The Labute approximate surface area is 161 Å². The molecule has 0 spiro atoms. The molecule has 0 aromatic heterocycles. The Kier molecular flexibility index (Phi) is 7.37. The van der Waals surface area contributed by atoms with Gasteiger partial charge in [-0.2, -0.15) is 0 Å². The molecule has 2 rings (SSSR count). The topological polar surface area (TPSA) is 104 Å². The molecule has 1 amide bonds. The molecule has 6 nitrogen and oxygen atoms in total. The van der Waals surface area contributed by atoms with Crippen molar-refractivity contribution in [3.63, 3.8) is 0 Å². The van der Waals surface area contributed by atoms with Crippen LogP contribution in [0.5, 0.6) is 0 Å². The average Bonchev–Trinajstić information content (AvgIpc) is 2.60. The Morgan fingerprint density at radius 2 is 1.59 bits per heavy atom. The van der Waals surface area contributed by atoms with E-state index in [2.05, 4.69) is 5.32 Å². The predicted molar refractivity (Wildman–Crippen MR) is 102 cm³/mol. The minimum atomic E-state index is -1.07. The van der Waals surface area contributed by atoms with Gasteiger partial charge < -0.3 is 15.5 Å². The molecule has 0 heterocycles. The Morgan fingerprint density at radius 1 is 0.926 bits per heavy atom. The van der Waals surface area contributed by atoms with Crippen LogP contribution >= 0.6 is 11.6 Å². The summed E-state index contributed by atoms with van der Waals surface area (Å²) in [7, 11) is 0. The number of carboxylic acids is 2. The number of amides is 1. The number of hydrogen-bond acceptors (Lipinski definition) is 3. The third-order valence-corrected chi connectivity index (χ3v) is 4.30. The molecule has 2 aromatic rings. The van der Waals surface area contributed by atoms with Crippen LogP contribution in [0.3, 0.4) is 0 Å². The van der Waals surface area contributed by atoms with Gasteiger partial charge in [0.25, 0.3) is 0 Å². The van der Waals surface area contributed by atoms with Gasteiger partial charge >= 0.3 is 11.9 Å². The molecule has 0 radical (unpaired) electrons. The van der Waals surface area contributed by atoms with Crippen LogP contribution in [0.1, 0.15) is 24.8 Å². The summed E-state index contributed by atoms with van der Waals surface area (Å²) < 4.78 is 0.